The van der Waals surface area contributed by atoms with E-state index >= 15 is 0 Å². The van der Waals surface area contributed by atoms with E-state index in [0.717, 1.165) is 0 Å². The first-order chi connectivity index (χ1) is 3.12. The lowest BCUT2D eigenvalue weighted by atomic mass is 10.4. The van der Waals surface area contributed by atoms with Gasteiger partial charge in [-0.1, -0.05) is 18.2 Å². The Morgan fingerprint density at radius 1 is 2.00 bits per heavy atom. The van der Waals surface area contributed by atoms with Crippen molar-refractivity contribution in [3.05, 3.63) is 12.7 Å². The maximum absolute atomic E-state index is 5.60. The quantitative estimate of drug-likeness (QED) is 0.304. The molecule has 1 unspecified atom stereocenters. The molecule has 0 spiro atoms. The number of alkyl halides is 1. The van der Waals surface area contributed by atoms with E-state index in [2.05, 4.69) is 6.58 Å². The molecule has 0 heterocycles. The van der Waals surface area contributed by atoms with Crippen LogP contribution in [-0.2, 0) is 4.43 Å². The molecular weight excluding hydrogens is 128 g/mol. The molecule has 0 aromatic carbocycles. The Morgan fingerprint density at radius 3 is 2.43 bits per heavy atom. The van der Waals surface area contributed by atoms with E-state index in [1.54, 1.807) is 13.0 Å². The molecule has 0 N–H and O–H groups in total. The molecule has 0 saturated heterocycles. The highest BCUT2D eigenvalue weighted by Gasteiger charge is 2.10. The van der Waals surface area contributed by atoms with Crippen LogP contribution in [0.25, 0.3) is 0 Å². The van der Waals surface area contributed by atoms with Gasteiger partial charge >= 0.3 is 0 Å². The van der Waals surface area contributed by atoms with Gasteiger partial charge < -0.3 is 4.43 Å². The van der Waals surface area contributed by atoms with E-state index in [1.807, 2.05) is 0 Å². The van der Waals surface area contributed by atoms with E-state index in [0.29, 0.717) is 10.5 Å². The zero-order valence-corrected chi connectivity index (χ0v) is 7.33. The van der Waals surface area contributed by atoms with Crippen LogP contribution in [0.5, 0.6) is 0 Å². The van der Waals surface area contributed by atoms with Gasteiger partial charge in [-0.15, -0.1) is 0 Å². The zero-order chi connectivity index (χ0) is 5.91. The third-order valence-corrected chi connectivity index (χ3v) is 2.18. The third-order valence-electron chi connectivity index (χ3n) is 0.764. The fourth-order valence-electron chi connectivity index (χ4n) is 0.0833. The normalized spacial score (nSPS) is 18.6. The predicted octanol–water partition coefficient (Wildman–Crippen LogP) is 0.424. The average Bonchev–Trinajstić information content (AvgIpc) is 1.68. The van der Waals surface area contributed by atoms with Crippen LogP contribution in [0.15, 0.2) is 12.7 Å². The van der Waals surface area contributed by atoms with Gasteiger partial charge in [0.05, 0.1) is 0 Å². The van der Waals surface area contributed by atoms with Gasteiger partial charge in [0.15, 0.2) is 0 Å². The van der Waals surface area contributed by atoms with E-state index < -0.39 is 5.06 Å². The van der Waals surface area contributed by atoms with Gasteiger partial charge in [0.25, 0.3) is 0 Å². The Hall–Kier alpha value is 0.207. The van der Waals surface area contributed by atoms with Gasteiger partial charge in [0.2, 0.25) is 0 Å². The monoisotopic (exact) mass is 136 g/mol. The molecule has 0 radical (unpaired) electrons. The summed E-state index contributed by atoms with van der Waals surface area (Å²) in [7, 11) is 0.654. The van der Waals surface area contributed by atoms with Crippen molar-refractivity contribution < 1.29 is 4.43 Å². The van der Waals surface area contributed by atoms with Crippen molar-refractivity contribution in [2.75, 3.05) is 0 Å². The van der Waals surface area contributed by atoms with Gasteiger partial charge in [0.1, 0.15) is 15.5 Å². The van der Waals surface area contributed by atoms with Crippen molar-refractivity contribution in [1.82, 2.24) is 0 Å². The molecule has 0 amide bonds. The van der Waals surface area contributed by atoms with Crippen LogP contribution in [0.3, 0.4) is 0 Å². The Kier molecular flexibility index (Phi) is 2.57. The Labute approximate surface area is 51.9 Å². The Bertz CT molecular complexity index is 72.1. The fourth-order valence-corrected chi connectivity index (χ4v) is 0.250. The first-order valence-electron chi connectivity index (χ1n) is 2.00. The van der Waals surface area contributed by atoms with E-state index in [-0.39, 0.29) is 0 Å². The van der Waals surface area contributed by atoms with Crippen LogP contribution >= 0.6 is 11.6 Å². The lowest BCUT2D eigenvalue weighted by molar-refractivity contribution is 0.253. The second kappa shape index (κ2) is 2.50. The van der Waals surface area contributed by atoms with Crippen LogP contribution in [0.1, 0.15) is 6.92 Å². The van der Waals surface area contributed by atoms with Crippen LogP contribution in [0.4, 0.5) is 0 Å². The Morgan fingerprint density at radius 2 is 2.43 bits per heavy atom. The van der Waals surface area contributed by atoms with E-state index in [1.165, 1.54) is 0 Å². The molecule has 1 atom stereocenters. The number of rotatable bonds is 2. The number of hydrogen-bond acceptors (Lipinski definition) is 1. The molecule has 0 aromatic rings. The van der Waals surface area contributed by atoms with Crippen molar-refractivity contribution in [3.63, 3.8) is 0 Å². The lowest BCUT2D eigenvalue weighted by Crippen LogP contribution is -2.14. The van der Waals surface area contributed by atoms with E-state index in [4.69, 9.17) is 16.0 Å². The minimum Gasteiger partial charge on any atom is -0.407 e. The molecule has 0 saturated carbocycles. The summed E-state index contributed by atoms with van der Waals surface area (Å²) in [4.78, 5) is 0. The molecule has 0 rings (SSSR count). The maximum atomic E-state index is 5.60. The molecule has 3 heteroatoms. The standard InChI is InChI=1S/C4H9ClOSi/c1-3-4(2,5)6-7/h3H,1H2,2,7H3. The van der Waals surface area contributed by atoms with Gasteiger partial charge in [-0.3, -0.25) is 0 Å². The minimum atomic E-state index is -0.619. The molecule has 0 aromatic heterocycles. The molecule has 1 nitrogen and oxygen atoms in total. The van der Waals surface area contributed by atoms with Crippen LogP contribution in [-0.4, -0.2) is 15.5 Å². The summed E-state index contributed by atoms with van der Waals surface area (Å²) >= 11 is 5.60. The number of halogens is 1. The average molecular weight is 137 g/mol. The van der Waals surface area contributed by atoms with Crippen molar-refractivity contribution >= 4 is 22.1 Å². The minimum absolute atomic E-state index is 0.619. The SMILES string of the molecule is C=CC(C)(Cl)O[SiH3]. The lowest BCUT2D eigenvalue weighted by Gasteiger charge is -2.13. The summed E-state index contributed by atoms with van der Waals surface area (Å²) in [5.74, 6) is 0. The topological polar surface area (TPSA) is 9.23 Å². The van der Waals surface area contributed by atoms with Crippen molar-refractivity contribution in [1.29, 1.82) is 0 Å². The predicted molar refractivity (Wildman–Crippen MR) is 35.5 cm³/mol. The molecule has 7 heavy (non-hydrogen) atoms. The van der Waals surface area contributed by atoms with Crippen molar-refractivity contribution in [2.24, 2.45) is 0 Å². The largest absolute Gasteiger partial charge is 0.407 e. The van der Waals surface area contributed by atoms with Crippen LogP contribution in [0.2, 0.25) is 0 Å². The Balaban J connectivity index is 3.58. The maximum Gasteiger partial charge on any atom is 0.148 e. The van der Waals surface area contributed by atoms with E-state index in [9.17, 15) is 0 Å². The summed E-state index contributed by atoms with van der Waals surface area (Å²) in [6, 6.07) is 0. The van der Waals surface area contributed by atoms with Gasteiger partial charge in [-0.05, 0) is 13.0 Å². The molecule has 0 bridgehead atoms. The molecule has 42 valence electrons. The summed E-state index contributed by atoms with van der Waals surface area (Å²) in [6.45, 7) is 5.23. The van der Waals surface area contributed by atoms with Gasteiger partial charge in [0, 0.05) is 0 Å². The van der Waals surface area contributed by atoms with Gasteiger partial charge in [-0.2, -0.15) is 0 Å². The van der Waals surface area contributed by atoms with Crippen LogP contribution in [0, 0.1) is 0 Å². The second-order valence-corrected chi connectivity index (χ2v) is 2.55. The van der Waals surface area contributed by atoms with Crippen LogP contribution < -0.4 is 0 Å². The highest BCUT2D eigenvalue weighted by atomic mass is 35.5. The van der Waals surface area contributed by atoms with Crippen molar-refractivity contribution in [2.45, 2.75) is 12.0 Å². The molecule has 0 aliphatic carbocycles. The smallest absolute Gasteiger partial charge is 0.148 e. The molecule has 0 aliphatic rings. The molecule has 0 fully saturated rings. The summed E-state index contributed by atoms with van der Waals surface area (Å²) in [5, 5.41) is -0.619. The highest BCUT2D eigenvalue weighted by molar-refractivity contribution is 6.25. The highest BCUT2D eigenvalue weighted by Crippen LogP contribution is 2.13. The fraction of sp³-hybridized carbons (Fsp3) is 0.500. The summed E-state index contributed by atoms with van der Waals surface area (Å²) < 4.78 is 4.87. The summed E-state index contributed by atoms with van der Waals surface area (Å²) in [6.07, 6.45) is 1.57. The zero-order valence-electron chi connectivity index (χ0n) is 4.57. The molecular formula is C4H9ClOSi. The second-order valence-electron chi connectivity index (χ2n) is 1.39. The number of hydrogen-bond donors (Lipinski definition) is 0. The molecule has 0 aliphatic heterocycles. The third kappa shape index (κ3) is 2.85. The van der Waals surface area contributed by atoms with Crippen molar-refractivity contribution in [3.8, 4) is 0 Å². The first-order valence-corrected chi connectivity index (χ1v) is 3.19. The first kappa shape index (κ1) is 7.21. The van der Waals surface area contributed by atoms with Gasteiger partial charge in [-0.25, -0.2) is 0 Å². The summed E-state index contributed by atoms with van der Waals surface area (Å²) in [5.41, 5.74) is 0.